The second-order valence-electron chi connectivity index (χ2n) is 10.8. The summed E-state index contributed by atoms with van der Waals surface area (Å²) in [7, 11) is 5.48. The van der Waals surface area contributed by atoms with Gasteiger partial charge in [-0.1, -0.05) is 29.4 Å². The Morgan fingerprint density at radius 2 is 1.75 bits per heavy atom. The Hall–Kier alpha value is -3.18. The van der Waals surface area contributed by atoms with Crippen molar-refractivity contribution in [3.63, 3.8) is 0 Å². The van der Waals surface area contributed by atoms with E-state index < -0.39 is 11.6 Å². The number of aryl methyl sites for hydroxylation is 1. The van der Waals surface area contributed by atoms with Gasteiger partial charge in [-0.05, 0) is 75.3 Å². The highest BCUT2D eigenvalue weighted by molar-refractivity contribution is 7.98. The number of methoxy groups -OCH3 is 1. The zero-order chi connectivity index (χ0) is 31.2. The normalized spacial score (nSPS) is 14.6. The fourth-order valence-corrected chi connectivity index (χ4v) is 6.52. The van der Waals surface area contributed by atoms with Crippen molar-refractivity contribution in [2.75, 3.05) is 47.6 Å². The van der Waals surface area contributed by atoms with Gasteiger partial charge in [-0.25, -0.2) is 18.2 Å². The van der Waals surface area contributed by atoms with Gasteiger partial charge in [-0.3, -0.25) is 4.57 Å². The quantitative estimate of drug-likeness (QED) is 0.110. The van der Waals surface area contributed by atoms with Crippen LogP contribution in [0.25, 0.3) is 5.69 Å². The molecule has 11 heteroatoms. The van der Waals surface area contributed by atoms with E-state index in [1.54, 1.807) is 19.2 Å². The van der Waals surface area contributed by atoms with Crippen LogP contribution in [-0.2, 0) is 16.9 Å². The molecule has 234 valence electrons. The number of ether oxygens (including phenoxy) is 3. The van der Waals surface area contributed by atoms with Gasteiger partial charge in [-0.2, -0.15) is 0 Å². The third kappa shape index (κ3) is 7.54. The molecular formula is C33H35ClF3N3O3S. The summed E-state index contributed by atoms with van der Waals surface area (Å²) in [4.78, 5) is 6.94. The lowest BCUT2D eigenvalue weighted by atomic mass is 9.84. The molecule has 0 saturated carbocycles. The molecule has 1 heterocycles. The lowest BCUT2D eigenvalue weighted by molar-refractivity contribution is 0.0888. The van der Waals surface area contributed by atoms with Crippen molar-refractivity contribution >= 4 is 23.4 Å². The maximum absolute atomic E-state index is 15.2. The molecule has 6 nitrogen and oxygen atoms in total. The first-order valence-corrected chi connectivity index (χ1v) is 15.8. The summed E-state index contributed by atoms with van der Waals surface area (Å²) in [5.74, 6) is -1.10. The fourth-order valence-electron chi connectivity index (χ4n) is 5.27. The van der Waals surface area contributed by atoms with Crippen LogP contribution in [0.1, 0.15) is 41.3 Å². The minimum absolute atomic E-state index is 0.00210. The molecule has 0 amide bonds. The summed E-state index contributed by atoms with van der Waals surface area (Å²) in [6.45, 7) is 1.81. The van der Waals surface area contributed by atoms with E-state index in [2.05, 4.69) is 0 Å². The molecule has 1 aromatic heterocycles. The first-order valence-electron chi connectivity index (χ1n) is 14.4. The number of aromatic nitrogens is 2. The monoisotopic (exact) mass is 645 g/mol. The molecule has 0 saturated heterocycles. The molecule has 3 aromatic carbocycles. The van der Waals surface area contributed by atoms with Crippen LogP contribution < -0.4 is 9.47 Å². The van der Waals surface area contributed by atoms with Crippen LogP contribution in [0, 0.1) is 17.5 Å². The number of thioether (sulfide) groups is 1. The second-order valence-corrected chi connectivity index (χ2v) is 12.1. The van der Waals surface area contributed by atoms with Gasteiger partial charge in [-0.15, -0.1) is 0 Å². The molecule has 0 radical (unpaired) electrons. The van der Waals surface area contributed by atoms with Crippen LogP contribution in [-0.4, -0.2) is 62.0 Å². The van der Waals surface area contributed by atoms with Crippen molar-refractivity contribution in [1.82, 2.24) is 14.5 Å². The van der Waals surface area contributed by atoms with Crippen LogP contribution in [0.4, 0.5) is 13.2 Å². The Labute approximate surface area is 265 Å². The van der Waals surface area contributed by atoms with E-state index in [1.165, 1.54) is 36.0 Å². The number of nitrogens with zero attached hydrogens (tertiary/aromatic N) is 3. The number of halogens is 4. The smallest absolute Gasteiger partial charge is 0.173 e. The zero-order valence-electron chi connectivity index (χ0n) is 24.9. The lowest BCUT2D eigenvalue weighted by Gasteiger charge is -2.26. The Morgan fingerprint density at radius 3 is 2.45 bits per heavy atom. The largest absolute Gasteiger partial charge is 0.495 e. The van der Waals surface area contributed by atoms with Crippen molar-refractivity contribution in [3.8, 4) is 17.2 Å². The molecule has 0 aliphatic heterocycles. The first-order chi connectivity index (χ1) is 21.2. The summed E-state index contributed by atoms with van der Waals surface area (Å²) in [6.07, 6.45) is 2.53. The van der Waals surface area contributed by atoms with Crippen LogP contribution >= 0.6 is 23.4 Å². The van der Waals surface area contributed by atoms with E-state index in [1.807, 2.05) is 41.8 Å². The summed E-state index contributed by atoms with van der Waals surface area (Å²) in [5.41, 5.74) is 3.53. The molecule has 1 aliphatic rings. The number of rotatable bonds is 13. The number of likely N-dealkylation sites (N-methyl/N-ethyl adjacent to an activating group) is 1. The van der Waals surface area contributed by atoms with Gasteiger partial charge in [0, 0.05) is 41.6 Å². The number of hydrogen-bond donors (Lipinski definition) is 0. The Bertz CT molecular complexity index is 1560. The minimum Gasteiger partial charge on any atom is -0.495 e. The maximum Gasteiger partial charge on any atom is 0.173 e. The number of fused-ring (bicyclic) bond motifs is 1. The van der Waals surface area contributed by atoms with E-state index in [0.29, 0.717) is 34.8 Å². The molecule has 0 spiro atoms. The van der Waals surface area contributed by atoms with Crippen molar-refractivity contribution in [2.24, 2.45) is 0 Å². The van der Waals surface area contributed by atoms with E-state index >= 15 is 8.78 Å². The Balaban J connectivity index is 1.40. The average molecular weight is 646 g/mol. The van der Waals surface area contributed by atoms with Gasteiger partial charge in [0.2, 0.25) is 0 Å². The molecule has 5 rings (SSSR count). The summed E-state index contributed by atoms with van der Waals surface area (Å²) >= 11 is 7.54. The summed E-state index contributed by atoms with van der Waals surface area (Å²) in [5, 5.41) is 1.09. The average Bonchev–Trinajstić information content (AvgIpc) is 3.37. The maximum atomic E-state index is 15.2. The fraction of sp³-hybridized carbons (Fsp3) is 0.364. The van der Waals surface area contributed by atoms with Crippen molar-refractivity contribution < 1.29 is 27.4 Å². The molecule has 0 N–H and O–H groups in total. The highest BCUT2D eigenvalue weighted by Gasteiger charge is 2.31. The van der Waals surface area contributed by atoms with E-state index in [-0.39, 0.29) is 35.4 Å². The molecule has 1 aliphatic carbocycles. The van der Waals surface area contributed by atoms with E-state index in [0.717, 1.165) is 42.8 Å². The van der Waals surface area contributed by atoms with Gasteiger partial charge in [0.05, 0.1) is 36.7 Å². The molecule has 0 bridgehead atoms. The van der Waals surface area contributed by atoms with Crippen molar-refractivity contribution in [3.05, 3.63) is 99.6 Å². The van der Waals surface area contributed by atoms with E-state index in [4.69, 9.17) is 30.8 Å². The van der Waals surface area contributed by atoms with Crippen molar-refractivity contribution in [1.29, 1.82) is 0 Å². The summed E-state index contributed by atoms with van der Waals surface area (Å²) in [6, 6.07) is 14.3. The number of hydrogen-bond acceptors (Lipinski definition) is 6. The first kappa shape index (κ1) is 32.2. The standard InChI is InChI=1S/C33H35ClF3N3O3S/c1-39(2)13-14-42-15-16-43-24-18-28(36)26(29(37)19-24)20-44-33-38-30-6-4-5-25(21-7-12-27(34)31(17-21)41-3)32(30)40(33)23-10-8-22(35)9-11-23/h7-12,17-19,25H,4-6,13-16,20H2,1-3H3. The van der Waals surface area contributed by atoms with Crippen LogP contribution in [0.15, 0.2) is 59.8 Å². The van der Waals surface area contributed by atoms with Crippen LogP contribution in [0.5, 0.6) is 11.5 Å². The lowest BCUT2D eigenvalue weighted by Crippen LogP contribution is -2.19. The molecule has 0 fully saturated rings. The SMILES string of the molecule is COc1cc(C2CCCc3nc(SCc4c(F)cc(OCCOCCN(C)C)cc4F)n(-c4ccc(F)cc4)c32)ccc1Cl. The predicted octanol–water partition coefficient (Wildman–Crippen LogP) is 7.67. The summed E-state index contributed by atoms with van der Waals surface area (Å²) < 4.78 is 62.7. The highest BCUT2D eigenvalue weighted by Crippen LogP contribution is 2.43. The predicted molar refractivity (Wildman–Crippen MR) is 167 cm³/mol. The van der Waals surface area contributed by atoms with Crippen LogP contribution in [0.2, 0.25) is 5.02 Å². The van der Waals surface area contributed by atoms with Gasteiger partial charge in [0.15, 0.2) is 5.16 Å². The minimum atomic E-state index is -0.697. The third-order valence-electron chi connectivity index (χ3n) is 7.50. The van der Waals surface area contributed by atoms with Gasteiger partial charge < -0.3 is 19.1 Å². The topological polar surface area (TPSA) is 48.8 Å². The highest BCUT2D eigenvalue weighted by atomic mass is 35.5. The number of imidazole rings is 1. The molecule has 44 heavy (non-hydrogen) atoms. The third-order valence-corrected chi connectivity index (χ3v) is 8.77. The molecule has 1 atom stereocenters. The second kappa shape index (κ2) is 14.7. The Kier molecular flexibility index (Phi) is 10.8. The van der Waals surface area contributed by atoms with Gasteiger partial charge in [0.1, 0.15) is 35.6 Å². The van der Waals surface area contributed by atoms with Gasteiger partial charge >= 0.3 is 0 Å². The molecule has 4 aromatic rings. The van der Waals surface area contributed by atoms with Crippen molar-refractivity contribution in [2.45, 2.75) is 36.1 Å². The number of benzene rings is 3. The Morgan fingerprint density at radius 1 is 1.00 bits per heavy atom. The molecular weight excluding hydrogens is 611 g/mol. The van der Waals surface area contributed by atoms with E-state index in [9.17, 15) is 4.39 Å². The van der Waals surface area contributed by atoms with Crippen LogP contribution in [0.3, 0.4) is 0 Å². The van der Waals surface area contributed by atoms with Gasteiger partial charge in [0.25, 0.3) is 0 Å². The molecule has 1 unspecified atom stereocenters. The zero-order valence-corrected chi connectivity index (χ0v) is 26.5.